The first-order valence-corrected chi connectivity index (χ1v) is 12.5. The fraction of sp³-hybridized carbons (Fsp3) is 0.227. The number of benzene rings is 2. The maximum atomic E-state index is 14.5. The molecule has 7 nitrogen and oxygen atoms in total. The van der Waals surface area contributed by atoms with E-state index in [-0.39, 0.29) is 28.9 Å². The molecule has 2 unspecified atom stereocenters. The number of sulfonamides is 1. The van der Waals surface area contributed by atoms with E-state index in [1.165, 1.54) is 44.5 Å². The average molecular weight is 587 g/mol. The second-order valence-electron chi connectivity index (χ2n) is 7.67. The van der Waals surface area contributed by atoms with Crippen LogP contribution in [0.1, 0.15) is 17.9 Å². The minimum absolute atomic E-state index is 0.0157. The number of pyridine rings is 1. The van der Waals surface area contributed by atoms with Crippen molar-refractivity contribution in [3.63, 3.8) is 0 Å². The first-order valence-electron chi connectivity index (χ1n) is 9.88. The molecule has 1 aliphatic carbocycles. The molecule has 1 aromatic heterocycles. The predicted octanol–water partition coefficient (Wildman–Crippen LogP) is 4.32. The smallest absolute Gasteiger partial charge is 0.255 e. The molecule has 1 aliphatic rings. The highest BCUT2D eigenvalue weighted by Crippen LogP contribution is 2.47. The van der Waals surface area contributed by atoms with Crippen LogP contribution in [-0.2, 0) is 17.1 Å². The van der Waals surface area contributed by atoms with Crippen molar-refractivity contribution in [2.45, 2.75) is 17.6 Å². The molecule has 0 aliphatic heterocycles. The first-order chi connectivity index (χ1) is 15.6. The van der Waals surface area contributed by atoms with Gasteiger partial charge in [-0.05, 0) is 64.9 Å². The number of hydrogen-bond donors (Lipinski definition) is 2. The maximum Gasteiger partial charge on any atom is 0.255 e. The zero-order valence-electron chi connectivity index (χ0n) is 17.6. The van der Waals surface area contributed by atoms with E-state index in [1.807, 2.05) is 22.6 Å². The van der Waals surface area contributed by atoms with E-state index >= 15 is 0 Å². The van der Waals surface area contributed by atoms with Crippen LogP contribution in [0.2, 0.25) is 0 Å². The van der Waals surface area contributed by atoms with E-state index in [0.717, 1.165) is 10.6 Å². The molecule has 0 spiro atoms. The number of halogens is 3. The molecular formula is C22H20F2IN3O4S. The number of ether oxygens (including phenoxy) is 1. The van der Waals surface area contributed by atoms with Crippen molar-refractivity contribution in [2.24, 2.45) is 7.05 Å². The van der Waals surface area contributed by atoms with Crippen LogP contribution in [0, 0.1) is 15.2 Å². The predicted molar refractivity (Wildman–Crippen MR) is 131 cm³/mol. The Morgan fingerprint density at radius 1 is 1.15 bits per heavy atom. The number of anilines is 3. The summed E-state index contributed by atoms with van der Waals surface area (Å²) in [6.45, 7) is 0. The van der Waals surface area contributed by atoms with Gasteiger partial charge in [-0.3, -0.25) is 14.1 Å². The highest BCUT2D eigenvalue weighted by Gasteiger charge is 2.48. The number of rotatable bonds is 7. The second-order valence-corrected chi connectivity index (χ2v) is 10.8. The van der Waals surface area contributed by atoms with E-state index < -0.39 is 32.5 Å². The first kappa shape index (κ1) is 23.5. The molecule has 1 saturated carbocycles. The lowest BCUT2D eigenvalue weighted by Crippen LogP contribution is -2.25. The van der Waals surface area contributed by atoms with Gasteiger partial charge in [0.15, 0.2) is 5.75 Å². The Kier molecular flexibility index (Phi) is 6.36. The Morgan fingerprint density at radius 3 is 2.58 bits per heavy atom. The molecule has 0 amide bonds. The largest absolute Gasteiger partial charge is 0.494 e. The van der Waals surface area contributed by atoms with Gasteiger partial charge in [-0.25, -0.2) is 17.2 Å². The molecule has 0 bridgehead atoms. The molecule has 2 aromatic carbocycles. The second kappa shape index (κ2) is 8.93. The Bertz CT molecular complexity index is 1390. The third-order valence-corrected chi connectivity index (χ3v) is 7.94. The van der Waals surface area contributed by atoms with Crippen molar-refractivity contribution in [1.29, 1.82) is 0 Å². The molecular weight excluding hydrogens is 567 g/mol. The van der Waals surface area contributed by atoms with Crippen molar-refractivity contribution in [3.8, 4) is 5.75 Å². The minimum atomic E-state index is -3.95. The van der Waals surface area contributed by atoms with Gasteiger partial charge in [0.2, 0.25) is 10.0 Å². The highest BCUT2D eigenvalue weighted by atomic mass is 127. The topological polar surface area (TPSA) is 89.4 Å². The fourth-order valence-corrected chi connectivity index (χ4v) is 5.76. The summed E-state index contributed by atoms with van der Waals surface area (Å²) in [5.74, 6) is -1.36. The van der Waals surface area contributed by atoms with Crippen LogP contribution >= 0.6 is 22.6 Å². The van der Waals surface area contributed by atoms with Crippen molar-refractivity contribution < 1.29 is 21.9 Å². The Balaban J connectivity index is 1.71. The van der Waals surface area contributed by atoms with Gasteiger partial charge in [0.25, 0.3) is 5.56 Å². The van der Waals surface area contributed by atoms with Gasteiger partial charge in [0, 0.05) is 22.6 Å². The number of nitrogens with one attached hydrogen (secondary N) is 2. The lowest BCUT2D eigenvalue weighted by molar-refractivity contribution is 0.415. The summed E-state index contributed by atoms with van der Waals surface area (Å²) in [7, 11) is -1.22. The lowest BCUT2D eigenvalue weighted by Gasteiger charge is -2.20. The third-order valence-electron chi connectivity index (χ3n) is 5.46. The molecule has 11 heteroatoms. The molecule has 1 heterocycles. The van der Waals surface area contributed by atoms with Gasteiger partial charge in [-0.2, -0.15) is 0 Å². The summed E-state index contributed by atoms with van der Waals surface area (Å²) in [5.41, 5.74) is 0.148. The molecule has 33 heavy (non-hydrogen) atoms. The van der Waals surface area contributed by atoms with E-state index in [0.29, 0.717) is 15.6 Å². The maximum absolute atomic E-state index is 14.5. The van der Waals surface area contributed by atoms with Gasteiger partial charge in [0.1, 0.15) is 23.1 Å². The SMILES string of the molecule is COc1cc(=O)n(C)c(Nc2ccc(I)cc2F)c1NS(=O)(=O)C1CC1c1cccc(F)c1. The van der Waals surface area contributed by atoms with Crippen LogP contribution in [-0.4, -0.2) is 25.3 Å². The lowest BCUT2D eigenvalue weighted by atomic mass is 10.1. The number of nitrogens with zero attached hydrogens (tertiary/aromatic N) is 1. The van der Waals surface area contributed by atoms with Crippen molar-refractivity contribution in [3.05, 3.63) is 79.7 Å². The van der Waals surface area contributed by atoms with Gasteiger partial charge in [-0.1, -0.05) is 12.1 Å². The quantitative estimate of drug-likeness (QED) is 0.403. The van der Waals surface area contributed by atoms with Crippen LogP contribution < -0.4 is 20.3 Å². The van der Waals surface area contributed by atoms with Crippen LogP contribution in [0.5, 0.6) is 5.75 Å². The Hall–Kier alpha value is -2.67. The van der Waals surface area contributed by atoms with Crippen molar-refractivity contribution in [1.82, 2.24) is 4.57 Å². The summed E-state index contributed by atoms with van der Waals surface area (Å²) in [6, 6.07) is 11.4. The average Bonchev–Trinajstić information content (AvgIpc) is 3.56. The molecule has 3 aromatic rings. The number of aromatic nitrogens is 1. The van der Waals surface area contributed by atoms with Gasteiger partial charge >= 0.3 is 0 Å². The molecule has 4 rings (SSSR count). The summed E-state index contributed by atoms with van der Waals surface area (Å²) < 4.78 is 64.0. The van der Waals surface area contributed by atoms with Gasteiger partial charge < -0.3 is 10.1 Å². The van der Waals surface area contributed by atoms with Crippen molar-refractivity contribution in [2.75, 3.05) is 17.1 Å². The van der Waals surface area contributed by atoms with Crippen LogP contribution in [0.15, 0.2) is 53.3 Å². The van der Waals surface area contributed by atoms with Gasteiger partial charge in [-0.15, -0.1) is 0 Å². The van der Waals surface area contributed by atoms with Gasteiger partial charge in [0.05, 0.1) is 18.0 Å². The number of hydrogen-bond acceptors (Lipinski definition) is 5. The highest BCUT2D eigenvalue weighted by molar-refractivity contribution is 14.1. The van der Waals surface area contributed by atoms with Crippen LogP contribution in [0.25, 0.3) is 0 Å². The van der Waals surface area contributed by atoms with E-state index in [9.17, 15) is 22.0 Å². The molecule has 0 radical (unpaired) electrons. The molecule has 0 saturated heterocycles. The molecule has 1 fully saturated rings. The standard InChI is InChI=1S/C22H20F2IN3O4S/c1-28-20(29)11-18(32-2)21(22(28)26-17-7-6-14(25)9-16(17)24)27-33(30,31)19-10-15(19)12-4-3-5-13(23)8-12/h3-9,11,15,19,26-27H,10H2,1-2H3. The molecule has 2 atom stereocenters. The van der Waals surface area contributed by atoms with E-state index in [1.54, 1.807) is 12.1 Å². The van der Waals surface area contributed by atoms with E-state index in [2.05, 4.69) is 10.0 Å². The molecule has 174 valence electrons. The van der Waals surface area contributed by atoms with Crippen LogP contribution in [0.3, 0.4) is 0 Å². The Morgan fingerprint density at radius 2 is 1.91 bits per heavy atom. The normalized spacial score (nSPS) is 17.5. The summed E-state index contributed by atoms with van der Waals surface area (Å²) in [6.07, 6.45) is 0.321. The zero-order valence-corrected chi connectivity index (χ0v) is 20.6. The third kappa shape index (κ3) is 4.83. The fourth-order valence-electron chi connectivity index (χ4n) is 3.62. The number of methoxy groups -OCH3 is 1. The molecule has 2 N–H and O–H groups in total. The van der Waals surface area contributed by atoms with E-state index in [4.69, 9.17) is 4.74 Å². The minimum Gasteiger partial charge on any atom is -0.494 e. The van der Waals surface area contributed by atoms with Crippen molar-refractivity contribution >= 4 is 49.8 Å². The zero-order chi connectivity index (χ0) is 23.9. The van der Waals surface area contributed by atoms with Crippen LogP contribution in [0.4, 0.5) is 26.0 Å². The summed E-state index contributed by atoms with van der Waals surface area (Å²) >= 11 is 1.97. The Labute approximate surface area is 203 Å². The summed E-state index contributed by atoms with van der Waals surface area (Å²) in [5, 5.41) is 2.02. The monoisotopic (exact) mass is 587 g/mol. The summed E-state index contributed by atoms with van der Waals surface area (Å²) in [4.78, 5) is 12.4.